The van der Waals surface area contributed by atoms with Crippen LogP contribution in [0.1, 0.15) is 11.7 Å². The van der Waals surface area contributed by atoms with Crippen molar-refractivity contribution in [1.82, 2.24) is 4.90 Å². The molecule has 1 fully saturated rings. The second-order valence-corrected chi connectivity index (χ2v) is 7.79. The van der Waals surface area contributed by atoms with Crippen LogP contribution in [0.2, 0.25) is 0 Å². The minimum absolute atomic E-state index is 0.448. The molecule has 0 radical (unpaired) electrons. The summed E-state index contributed by atoms with van der Waals surface area (Å²) in [5, 5.41) is 20.5. The zero-order chi connectivity index (χ0) is 20.8. The largest absolute Gasteiger partial charge is 0.387 e. The van der Waals surface area contributed by atoms with Crippen LogP contribution in [-0.2, 0) is 0 Å². The first-order valence-corrected chi connectivity index (χ1v) is 10.5. The first-order valence-electron chi connectivity index (χ1n) is 10.5. The average molecular weight is 398 g/mol. The average Bonchev–Trinajstić information content (AvgIpc) is 2.84. The highest BCUT2D eigenvalue weighted by Crippen LogP contribution is 2.27. The summed E-state index contributed by atoms with van der Waals surface area (Å²) in [6.07, 6.45) is -0.785. The summed E-state index contributed by atoms with van der Waals surface area (Å²) in [4.78, 5) is 4.66. The summed E-state index contributed by atoms with van der Waals surface area (Å²) in [6.45, 7) is 4.24. The number of aliphatic hydroxyl groups is 1. The normalized spacial score (nSPS) is 16.6. The first-order chi connectivity index (χ1) is 14.7. The Morgan fingerprint density at radius 1 is 0.767 bits per heavy atom. The van der Waals surface area contributed by atoms with Crippen LogP contribution in [0.5, 0.6) is 0 Å². The zero-order valence-corrected chi connectivity index (χ0v) is 17.1. The van der Waals surface area contributed by atoms with Crippen LogP contribution in [-0.4, -0.2) is 42.7 Å². The number of para-hydroxylation sites is 1. The van der Waals surface area contributed by atoms with E-state index in [1.54, 1.807) is 0 Å². The van der Waals surface area contributed by atoms with Gasteiger partial charge in [0.1, 0.15) is 0 Å². The third kappa shape index (κ3) is 4.71. The molecule has 0 aromatic heterocycles. The van der Waals surface area contributed by atoms with Gasteiger partial charge in [-0.2, -0.15) is 5.26 Å². The number of hydrogen-bond donors (Lipinski definition) is 1. The number of benzene rings is 3. The molecule has 4 nitrogen and oxygen atoms in total. The summed E-state index contributed by atoms with van der Waals surface area (Å²) in [5.74, 6) is -0.448. The van der Waals surface area contributed by atoms with Gasteiger partial charge in [0.2, 0.25) is 0 Å². The van der Waals surface area contributed by atoms with Crippen LogP contribution in [0.4, 0.5) is 5.69 Å². The van der Waals surface area contributed by atoms with Gasteiger partial charge in [-0.3, -0.25) is 4.90 Å². The highest BCUT2D eigenvalue weighted by molar-refractivity contribution is 5.63. The number of hydrogen-bond acceptors (Lipinski definition) is 4. The van der Waals surface area contributed by atoms with E-state index in [0.717, 1.165) is 42.9 Å². The van der Waals surface area contributed by atoms with Crippen molar-refractivity contribution in [2.45, 2.75) is 6.10 Å². The van der Waals surface area contributed by atoms with Crippen LogP contribution < -0.4 is 4.90 Å². The van der Waals surface area contributed by atoms with E-state index in [0.29, 0.717) is 6.54 Å². The smallest absolute Gasteiger partial charge is 0.0960 e. The van der Waals surface area contributed by atoms with Crippen LogP contribution >= 0.6 is 0 Å². The van der Waals surface area contributed by atoms with Crippen LogP contribution in [0.15, 0.2) is 84.9 Å². The Balaban J connectivity index is 1.35. The number of rotatable bonds is 6. The number of piperazine rings is 1. The van der Waals surface area contributed by atoms with Gasteiger partial charge < -0.3 is 10.0 Å². The zero-order valence-electron chi connectivity index (χ0n) is 17.1. The van der Waals surface area contributed by atoms with Crippen molar-refractivity contribution < 1.29 is 5.11 Å². The third-order valence-corrected chi connectivity index (χ3v) is 5.85. The van der Waals surface area contributed by atoms with Gasteiger partial charge in [-0.05, 0) is 28.8 Å². The van der Waals surface area contributed by atoms with Gasteiger partial charge in [0.25, 0.3) is 0 Å². The number of anilines is 1. The number of aliphatic hydroxyl groups excluding tert-OH is 1. The van der Waals surface area contributed by atoms with E-state index in [1.807, 2.05) is 48.5 Å². The summed E-state index contributed by atoms with van der Waals surface area (Å²) < 4.78 is 0. The Kier molecular flexibility index (Phi) is 6.44. The van der Waals surface area contributed by atoms with Gasteiger partial charge >= 0.3 is 0 Å². The molecule has 0 aliphatic carbocycles. The summed E-state index contributed by atoms with van der Waals surface area (Å²) >= 11 is 0. The highest BCUT2D eigenvalue weighted by Gasteiger charge is 2.26. The molecule has 1 heterocycles. The van der Waals surface area contributed by atoms with Crippen molar-refractivity contribution >= 4 is 5.69 Å². The molecule has 0 spiro atoms. The van der Waals surface area contributed by atoms with E-state index in [9.17, 15) is 10.4 Å². The van der Waals surface area contributed by atoms with Crippen LogP contribution in [0.3, 0.4) is 0 Å². The van der Waals surface area contributed by atoms with Crippen molar-refractivity contribution in [3.8, 4) is 17.2 Å². The Labute approximate surface area is 178 Å². The second kappa shape index (κ2) is 9.58. The molecular formula is C26H27N3O. The van der Waals surface area contributed by atoms with Gasteiger partial charge in [0.15, 0.2) is 0 Å². The molecule has 1 aliphatic rings. The topological polar surface area (TPSA) is 50.5 Å². The minimum Gasteiger partial charge on any atom is -0.387 e. The van der Waals surface area contributed by atoms with Crippen molar-refractivity contribution in [1.29, 1.82) is 5.26 Å². The van der Waals surface area contributed by atoms with E-state index in [4.69, 9.17) is 0 Å². The lowest BCUT2D eigenvalue weighted by Crippen LogP contribution is -2.48. The maximum absolute atomic E-state index is 10.8. The Morgan fingerprint density at radius 3 is 1.93 bits per heavy atom. The molecule has 152 valence electrons. The molecule has 0 unspecified atom stereocenters. The number of nitrogens with zero attached hydrogens (tertiary/aromatic N) is 3. The third-order valence-electron chi connectivity index (χ3n) is 5.85. The summed E-state index contributed by atoms with van der Waals surface area (Å²) in [7, 11) is 0. The molecule has 1 aliphatic heterocycles. The lowest BCUT2D eigenvalue weighted by atomic mass is 9.94. The maximum Gasteiger partial charge on any atom is 0.0960 e. The Bertz CT molecular complexity index is 959. The van der Waals surface area contributed by atoms with Crippen LogP contribution in [0.25, 0.3) is 11.1 Å². The van der Waals surface area contributed by atoms with Crippen molar-refractivity contribution in [3.05, 3.63) is 90.5 Å². The van der Waals surface area contributed by atoms with Crippen molar-refractivity contribution in [2.24, 2.45) is 5.92 Å². The fourth-order valence-electron chi connectivity index (χ4n) is 4.05. The molecule has 30 heavy (non-hydrogen) atoms. The fraction of sp³-hybridized carbons (Fsp3) is 0.269. The molecule has 4 heteroatoms. The number of nitriles is 1. The van der Waals surface area contributed by atoms with Gasteiger partial charge in [-0.25, -0.2) is 0 Å². The fourth-order valence-corrected chi connectivity index (χ4v) is 4.05. The van der Waals surface area contributed by atoms with E-state index >= 15 is 0 Å². The highest BCUT2D eigenvalue weighted by atomic mass is 16.3. The molecular weight excluding hydrogens is 370 g/mol. The first kappa shape index (κ1) is 20.2. The van der Waals surface area contributed by atoms with E-state index < -0.39 is 12.0 Å². The molecule has 2 atom stereocenters. The monoisotopic (exact) mass is 397 g/mol. The molecule has 4 rings (SSSR count). The maximum atomic E-state index is 10.8. The lowest BCUT2D eigenvalue weighted by Gasteiger charge is -2.37. The standard InChI is InChI=1S/C26H27N3O/c27-19-24(20-28-15-17-29(18-16-28)25-9-5-2-6-10-25)26(30)23-13-11-22(12-14-23)21-7-3-1-4-8-21/h1-14,24,26,30H,15-18,20H2/t24-,26+/m1/s1. The van der Waals surface area contributed by atoms with Crippen LogP contribution in [0, 0.1) is 17.2 Å². The van der Waals surface area contributed by atoms with E-state index in [2.05, 4.69) is 52.3 Å². The van der Waals surface area contributed by atoms with Crippen molar-refractivity contribution in [3.63, 3.8) is 0 Å². The van der Waals surface area contributed by atoms with Gasteiger partial charge in [0.05, 0.1) is 18.1 Å². The molecule has 1 N–H and O–H groups in total. The minimum atomic E-state index is -0.785. The molecule has 1 saturated heterocycles. The van der Waals surface area contributed by atoms with Gasteiger partial charge in [-0.1, -0.05) is 72.8 Å². The van der Waals surface area contributed by atoms with Gasteiger partial charge in [0, 0.05) is 38.4 Å². The van der Waals surface area contributed by atoms with Crippen molar-refractivity contribution in [2.75, 3.05) is 37.6 Å². The quantitative estimate of drug-likeness (QED) is 0.672. The van der Waals surface area contributed by atoms with E-state index in [-0.39, 0.29) is 0 Å². The Morgan fingerprint density at radius 2 is 1.33 bits per heavy atom. The molecule has 3 aromatic carbocycles. The summed E-state index contributed by atoms with van der Waals surface area (Å²) in [5.41, 5.74) is 4.29. The summed E-state index contributed by atoms with van der Waals surface area (Å²) in [6, 6.07) is 30.8. The lowest BCUT2D eigenvalue weighted by molar-refractivity contribution is 0.104. The molecule has 0 saturated carbocycles. The van der Waals surface area contributed by atoms with Gasteiger partial charge in [-0.15, -0.1) is 0 Å². The SMILES string of the molecule is N#C[C@H](CN1CCN(c2ccccc2)CC1)[C@@H](O)c1ccc(-c2ccccc2)cc1. The second-order valence-electron chi connectivity index (χ2n) is 7.79. The van der Waals surface area contributed by atoms with E-state index in [1.165, 1.54) is 5.69 Å². The predicted molar refractivity (Wildman–Crippen MR) is 121 cm³/mol. The molecule has 0 amide bonds. The molecule has 3 aromatic rings. The predicted octanol–water partition coefficient (Wildman–Crippen LogP) is 4.35. The molecule has 0 bridgehead atoms. The Hall–Kier alpha value is -3.13.